The van der Waals surface area contributed by atoms with Crippen molar-refractivity contribution in [1.29, 1.82) is 0 Å². The number of aliphatic hydroxyl groups is 1. The highest BCUT2D eigenvalue weighted by Gasteiger charge is 2.66. The quantitative estimate of drug-likeness (QED) is 0.479. The zero-order valence-corrected chi connectivity index (χ0v) is 24.2. The number of aliphatic hydroxyl groups excluding tert-OH is 1. The molecule has 2 aromatic carbocycles. The minimum Gasteiger partial charge on any atom is -0.432 e. The van der Waals surface area contributed by atoms with E-state index in [0.717, 1.165) is 46.4 Å². The number of benzene rings is 2. The molecule has 7 nitrogen and oxygen atoms in total. The van der Waals surface area contributed by atoms with E-state index in [1.54, 1.807) is 4.90 Å². The smallest absolute Gasteiger partial charge is 0.264 e. The molecular weight excluding hydrogens is 552 g/mol. The van der Waals surface area contributed by atoms with E-state index in [1.807, 2.05) is 67.4 Å². The monoisotopic (exact) mass is 586 g/mol. The third kappa shape index (κ3) is 4.48. The van der Waals surface area contributed by atoms with Gasteiger partial charge in [-0.3, -0.25) is 9.59 Å². The van der Waals surface area contributed by atoms with E-state index in [9.17, 15) is 19.5 Å². The maximum Gasteiger partial charge on any atom is 0.264 e. The molecule has 4 atom stereocenters. The van der Waals surface area contributed by atoms with Crippen LogP contribution in [0.5, 0.6) is 0 Å². The van der Waals surface area contributed by atoms with E-state index in [1.165, 1.54) is 0 Å². The summed E-state index contributed by atoms with van der Waals surface area (Å²) in [5.74, 6) is -0.231. The summed E-state index contributed by atoms with van der Waals surface area (Å²) in [6, 6.07) is 13.7. The first kappa shape index (κ1) is 26.6. The van der Waals surface area contributed by atoms with Gasteiger partial charge in [-0.05, 0) is 68.3 Å². The average Bonchev–Trinajstić information content (AvgIpc) is 3.27. The van der Waals surface area contributed by atoms with Crippen LogP contribution >= 0.6 is 15.9 Å². The zero-order chi connectivity index (χ0) is 26.5. The molecule has 5 rings (SSSR count). The normalized spacial score (nSPS) is 27.9. The van der Waals surface area contributed by atoms with Crippen molar-refractivity contribution in [2.45, 2.75) is 69.5 Å². The van der Waals surface area contributed by atoms with Crippen molar-refractivity contribution >= 4 is 47.4 Å². The number of rotatable bonds is 6. The number of nitrogens with zero attached hydrogens (tertiary/aromatic N) is 2. The van der Waals surface area contributed by atoms with Crippen molar-refractivity contribution in [1.82, 2.24) is 0 Å². The van der Waals surface area contributed by atoms with Crippen LogP contribution in [0.25, 0.3) is 0 Å². The lowest BCUT2D eigenvalue weighted by Crippen LogP contribution is -2.46. The number of halogens is 1. The third-order valence-electron chi connectivity index (χ3n) is 8.27. The number of fused-ring (bicyclic) bond motifs is 2. The first-order valence-electron chi connectivity index (χ1n) is 13.1. The Bertz CT molecular complexity index is 1200. The lowest BCUT2D eigenvalue weighted by Gasteiger charge is -2.32. The van der Waals surface area contributed by atoms with Crippen LogP contribution in [0.3, 0.4) is 0 Å². The van der Waals surface area contributed by atoms with Gasteiger partial charge in [0.1, 0.15) is 0 Å². The van der Waals surface area contributed by atoms with Crippen molar-refractivity contribution in [2.24, 2.45) is 5.92 Å². The molecule has 2 fully saturated rings. The molecule has 2 N–H and O–H groups in total. The van der Waals surface area contributed by atoms with Gasteiger partial charge in [0.2, 0.25) is 5.91 Å². The summed E-state index contributed by atoms with van der Waals surface area (Å²) in [5, 5.41) is 9.74. The number of carbonyl (C=O) groups excluding carboxylic acids is 2. The maximum absolute atomic E-state index is 14.3. The van der Waals surface area contributed by atoms with E-state index in [0.29, 0.717) is 19.4 Å². The van der Waals surface area contributed by atoms with Crippen LogP contribution in [0.2, 0.25) is 18.6 Å². The van der Waals surface area contributed by atoms with Crippen molar-refractivity contribution in [3.8, 4) is 0 Å². The van der Waals surface area contributed by atoms with Gasteiger partial charge >= 0.3 is 0 Å². The Morgan fingerprint density at radius 1 is 1.14 bits per heavy atom. The van der Waals surface area contributed by atoms with Gasteiger partial charge in [-0.1, -0.05) is 35.0 Å². The Morgan fingerprint density at radius 2 is 1.86 bits per heavy atom. The molecule has 0 saturated carbocycles. The molecule has 0 aliphatic carbocycles. The maximum atomic E-state index is 14.3. The Balaban J connectivity index is 1.49. The number of hydrogen-bond acceptors (Lipinski definition) is 5. The highest BCUT2D eigenvalue weighted by Crippen LogP contribution is 2.60. The number of hydrogen-bond donors (Lipinski definition) is 2. The molecule has 9 heteroatoms. The summed E-state index contributed by atoms with van der Waals surface area (Å²) in [6.07, 6.45) is 2.51. The average molecular weight is 588 g/mol. The Hall–Kier alpha value is -2.04. The number of piperidine rings is 1. The predicted molar refractivity (Wildman–Crippen MR) is 149 cm³/mol. The fraction of sp³-hybridized carbons (Fsp3) is 0.500. The molecule has 198 valence electrons. The van der Waals surface area contributed by atoms with Gasteiger partial charge in [-0.15, -0.1) is 0 Å². The standard InChI is InChI=1S/C28H35BrN2O5Si/c1-18-26(37(2,3)35)24(13-15-32)36-28(18)22-16-20(29)9-12-23(22)31(27(28)34)17-19-7-10-21(11-8-19)30-14-5-4-6-25(30)33/h7-12,16,18,24,26,32,35H,4-6,13-15,17H2,1-3H3/t18-,24+,26-,28+/m1/s1. The van der Waals surface area contributed by atoms with Gasteiger partial charge in [0, 0.05) is 46.8 Å². The van der Waals surface area contributed by atoms with Crippen molar-refractivity contribution in [3.05, 3.63) is 58.1 Å². The molecule has 3 aliphatic rings. The van der Waals surface area contributed by atoms with Crippen LogP contribution in [0.1, 0.15) is 43.7 Å². The molecule has 0 radical (unpaired) electrons. The van der Waals surface area contributed by atoms with Crippen LogP contribution in [0.15, 0.2) is 46.9 Å². The van der Waals surface area contributed by atoms with Crippen LogP contribution in [-0.2, 0) is 26.5 Å². The van der Waals surface area contributed by atoms with Gasteiger partial charge in [0.25, 0.3) is 5.91 Å². The van der Waals surface area contributed by atoms with Gasteiger partial charge in [0.05, 0.1) is 18.3 Å². The second kappa shape index (κ2) is 9.93. The topological polar surface area (TPSA) is 90.3 Å². The first-order valence-corrected chi connectivity index (χ1v) is 16.9. The third-order valence-corrected chi connectivity index (χ3v) is 11.3. The van der Waals surface area contributed by atoms with Gasteiger partial charge in [-0.2, -0.15) is 0 Å². The molecule has 2 aromatic rings. The molecule has 0 bridgehead atoms. The lowest BCUT2D eigenvalue weighted by molar-refractivity contribution is -0.146. The second-order valence-electron chi connectivity index (χ2n) is 11.1. The number of anilines is 2. The molecule has 2 saturated heterocycles. The van der Waals surface area contributed by atoms with E-state index in [4.69, 9.17) is 4.74 Å². The summed E-state index contributed by atoms with van der Waals surface area (Å²) >= 11 is 3.57. The van der Waals surface area contributed by atoms with E-state index in [-0.39, 0.29) is 29.9 Å². The predicted octanol–water partition coefficient (Wildman–Crippen LogP) is 4.69. The minimum absolute atomic E-state index is 0.0659. The summed E-state index contributed by atoms with van der Waals surface area (Å²) in [5.41, 5.74) is 2.04. The zero-order valence-electron chi connectivity index (χ0n) is 21.6. The minimum atomic E-state index is -2.72. The van der Waals surface area contributed by atoms with Crippen LogP contribution < -0.4 is 9.80 Å². The largest absolute Gasteiger partial charge is 0.432 e. The van der Waals surface area contributed by atoms with Gasteiger partial charge in [-0.25, -0.2) is 0 Å². The SMILES string of the molecule is C[C@@H]1[C@@H]([Si](C)(C)O)[C@H](CCO)O[C@@]12C(=O)N(Cc1ccc(N3CCCCC3=O)cc1)c1ccc(Br)cc12. The molecule has 1 spiro atoms. The summed E-state index contributed by atoms with van der Waals surface area (Å²) in [7, 11) is -2.72. The molecular formula is C28H35BrN2O5Si. The summed E-state index contributed by atoms with van der Waals surface area (Å²) in [4.78, 5) is 41.4. The summed E-state index contributed by atoms with van der Waals surface area (Å²) < 4.78 is 7.49. The molecule has 3 aliphatic heterocycles. The fourth-order valence-corrected chi connectivity index (χ4v) is 9.61. The number of amides is 2. The molecule has 0 aromatic heterocycles. The van der Waals surface area contributed by atoms with Crippen LogP contribution in [0.4, 0.5) is 11.4 Å². The van der Waals surface area contributed by atoms with E-state index >= 15 is 0 Å². The molecule has 2 amide bonds. The second-order valence-corrected chi connectivity index (χ2v) is 16.0. The first-order chi connectivity index (χ1) is 17.6. The molecule has 3 heterocycles. The Morgan fingerprint density at radius 3 is 2.51 bits per heavy atom. The number of ether oxygens (including phenoxy) is 1. The van der Waals surface area contributed by atoms with Gasteiger partial charge < -0.3 is 24.4 Å². The van der Waals surface area contributed by atoms with Crippen LogP contribution in [0, 0.1) is 5.92 Å². The highest BCUT2D eigenvalue weighted by molar-refractivity contribution is 9.10. The van der Waals surface area contributed by atoms with E-state index < -0.39 is 20.0 Å². The fourth-order valence-electron chi connectivity index (χ4n) is 6.65. The summed E-state index contributed by atoms with van der Waals surface area (Å²) in [6.45, 7) is 6.81. The van der Waals surface area contributed by atoms with Crippen molar-refractivity contribution in [2.75, 3.05) is 23.0 Å². The van der Waals surface area contributed by atoms with Crippen LogP contribution in [-0.4, -0.2) is 49.3 Å². The Labute approximate surface area is 227 Å². The number of carbonyl (C=O) groups is 2. The van der Waals surface area contributed by atoms with Crippen molar-refractivity contribution < 1.29 is 24.2 Å². The molecule has 37 heavy (non-hydrogen) atoms. The van der Waals surface area contributed by atoms with Gasteiger partial charge in [0.15, 0.2) is 13.9 Å². The Kier molecular flexibility index (Phi) is 7.13. The highest BCUT2D eigenvalue weighted by atomic mass is 79.9. The lowest BCUT2D eigenvalue weighted by atomic mass is 9.82. The molecule has 0 unspecified atom stereocenters. The van der Waals surface area contributed by atoms with Crippen molar-refractivity contribution in [3.63, 3.8) is 0 Å². The van der Waals surface area contributed by atoms with E-state index in [2.05, 4.69) is 15.9 Å².